The number of rotatable bonds is 6. The summed E-state index contributed by atoms with van der Waals surface area (Å²) in [6.07, 6.45) is -1.40. The van der Waals surface area contributed by atoms with E-state index < -0.39 is 6.16 Å². The highest BCUT2D eigenvalue weighted by Crippen LogP contribution is 2.27. The molecule has 0 atom stereocenters. The molecule has 6 nitrogen and oxygen atoms in total. The highest BCUT2D eigenvalue weighted by atomic mass is 79.9. The Kier molecular flexibility index (Phi) is 6.03. The summed E-state index contributed by atoms with van der Waals surface area (Å²) < 4.78 is 13.1. The molecule has 0 saturated carbocycles. The Morgan fingerprint density at radius 3 is 2.74 bits per heavy atom. The van der Waals surface area contributed by atoms with Crippen LogP contribution in [0, 0.1) is 6.92 Å². The van der Waals surface area contributed by atoms with Gasteiger partial charge in [0.2, 0.25) is 5.88 Å². The van der Waals surface area contributed by atoms with Crippen LogP contribution in [0.25, 0.3) is 0 Å². The molecular formula is C19H16BrClN2O4. The van der Waals surface area contributed by atoms with E-state index in [1.807, 2.05) is 49.4 Å². The highest BCUT2D eigenvalue weighted by molar-refractivity contribution is 9.10. The summed E-state index contributed by atoms with van der Waals surface area (Å²) in [5.41, 5.74) is 2.54. The minimum absolute atomic E-state index is 0.0357. The van der Waals surface area contributed by atoms with Gasteiger partial charge in [-0.15, -0.1) is 5.10 Å². The highest BCUT2D eigenvalue weighted by Gasteiger charge is 2.12. The number of halogens is 2. The number of carbonyl (C=O) groups is 1. The van der Waals surface area contributed by atoms with Gasteiger partial charge in [0.15, 0.2) is 0 Å². The molecule has 1 heterocycles. The number of benzene rings is 2. The molecule has 3 rings (SSSR count). The Labute approximate surface area is 169 Å². The second-order valence-electron chi connectivity index (χ2n) is 5.78. The van der Waals surface area contributed by atoms with Crippen molar-refractivity contribution in [1.29, 1.82) is 0 Å². The first kappa shape index (κ1) is 19.3. The van der Waals surface area contributed by atoms with Gasteiger partial charge in [0, 0.05) is 32.4 Å². The van der Waals surface area contributed by atoms with Crippen LogP contribution in [-0.2, 0) is 13.2 Å². The lowest BCUT2D eigenvalue weighted by Gasteiger charge is -2.13. The Hall–Kier alpha value is -2.51. The van der Waals surface area contributed by atoms with Crippen molar-refractivity contribution >= 4 is 33.7 Å². The Morgan fingerprint density at radius 2 is 2.00 bits per heavy atom. The van der Waals surface area contributed by atoms with E-state index in [0.29, 0.717) is 23.9 Å². The molecule has 0 amide bonds. The van der Waals surface area contributed by atoms with E-state index >= 15 is 0 Å². The molecule has 0 aliphatic heterocycles. The molecule has 2 aromatic carbocycles. The van der Waals surface area contributed by atoms with Crippen molar-refractivity contribution in [2.75, 3.05) is 0 Å². The number of hydrogen-bond acceptors (Lipinski definition) is 4. The molecule has 3 aromatic rings. The van der Waals surface area contributed by atoms with Crippen molar-refractivity contribution in [3.63, 3.8) is 0 Å². The Morgan fingerprint density at radius 1 is 1.22 bits per heavy atom. The number of aryl methyl sites for hydroxylation is 1. The third-order valence-electron chi connectivity index (χ3n) is 3.83. The van der Waals surface area contributed by atoms with Crippen LogP contribution < -0.4 is 9.47 Å². The van der Waals surface area contributed by atoms with Gasteiger partial charge in [0.1, 0.15) is 12.4 Å². The summed E-state index contributed by atoms with van der Waals surface area (Å²) >= 11 is 9.65. The predicted octanol–water partition coefficient (Wildman–Crippen LogP) is 5.29. The van der Waals surface area contributed by atoms with Crippen LogP contribution >= 0.6 is 27.5 Å². The monoisotopic (exact) mass is 450 g/mol. The standard InChI is InChI=1S/C19H16BrClN2O4/c1-12-8-18(27-19(24)25)22-23(12)10-14-9-15(20)6-7-17(14)26-11-13-4-2-3-5-16(13)21/h2-9H,10-11H2,1H3,(H,24,25). The maximum Gasteiger partial charge on any atom is 0.512 e. The number of aromatic nitrogens is 2. The molecule has 0 unspecified atom stereocenters. The first-order valence-electron chi connectivity index (χ1n) is 8.02. The molecular weight excluding hydrogens is 436 g/mol. The van der Waals surface area contributed by atoms with Gasteiger partial charge in [-0.25, -0.2) is 4.79 Å². The molecule has 0 fully saturated rings. The van der Waals surface area contributed by atoms with Gasteiger partial charge < -0.3 is 14.6 Å². The van der Waals surface area contributed by atoms with Gasteiger partial charge in [0.05, 0.1) is 6.54 Å². The number of nitrogens with zero attached hydrogens (tertiary/aromatic N) is 2. The fourth-order valence-electron chi connectivity index (χ4n) is 2.52. The molecule has 0 aliphatic rings. The van der Waals surface area contributed by atoms with Gasteiger partial charge in [-0.1, -0.05) is 45.7 Å². The van der Waals surface area contributed by atoms with Crippen molar-refractivity contribution in [3.8, 4) is 11.6 Å². The van der Waals surface area contributed by atoms with Crippen LogP contribution in [0.1, 0.15) is 16.8 Å². The van der Waals surface area contributed by atoms with Crippen LogP contribution in [0.2, 0.25) is 5.02 Å². The molecule has 0 saturated heterocycles. The minimum Gasteiger partial charge on any atom is -0.488 e. The van der Waals surface area contributed by atoms with E-state index in [0.717, 1.165) is 21.3 Å². The van der Waals surface area contributed by atoms with Gasteiger partial charge in [-0.3, -0.25) is 4.68 Å². The molecule has 8 heteroatoms. The summed E-state index contributed by atoms with van der Waals surface area (Å²) in [5, 5.41) is 13.5. The predicted molar refractivity (Wildman–Crippen MR) is 105 cm³/mol. The lowest BCUT2D eigenvalue weighted by Crippen LogP contribution is -2.08. The zero-order valence-electron chi connectivity index (χ0n) is 14.4. The van der Waals surface area contributed by atoms with Gasteiger partial charge in [-0.2, -0.15) is 0 Å². The third kappa shape index (κ3) is 5.02. The van der Waals surface area contributed by atoms with E-state index in [4.69, 9.17) is 21.4 Å². The maximum atomic E-state index is 10.7. The summed E-state index contributed by atoms with van der Waals surface area (Å²) in [7, 11) is 0. The van der Waals surface area contributed by atoms with Crippen molar-refractivity contribution in [2.45, 2.75) is 20.1 Å². The maximum absolute atomic E-state index is 10.7. The molecule has 0 bridgehead atoms. The molecule has 0 radical (unpaired) electrons. The summed E-state index contributed by atoms with van der Waals surface area (Å²) in [5.74, 6) is 0.724. The Balaban J connectivity index is 1.81. The second kappa shape index (κ2) is 8.45. The van der Waals surface area contributed by atoms with Crippen LogP contribution in [-0.4, -0.2) is 21.0 Å². The number of hydrogen-bond donors (Lipinski definition) is 1. The molecule has 1 aromatic heterocycles. The lowest BCUT2D eigenvalue weighted by atomic mass is 10.2. The van der Waals surface area contributed by atoms with Gasteiger partial charge >= 0.3 is 6.16 Å². The number of ether oxygens (including phenoxy) is 2. The molecule has 1 N–H and O–H groups in total. The quantitative estimate of drug-likeness (QED) is 0.515. The van der Waals surface area contributed by atoms with Gasteiger partial charge in [-0.05, 0) is 31.2 Å². The normalized spacial score (nSPS) is 10.6. The zero-order chi connectivity index (χ0) is 19.4. The largest absolute Gasteiger partial charge is 0.512 e. The van der Waals surface area contributed by atoms with Gasteiger partial charge in [0.25, 0.3) is 0 Å². The van der Waals surface area contributed by atoms with E-state index in [9.17, 15) is 4.79 Å². The van der Waals surface area contributed by atoms with E-state index in [2.05, 4.69) is 25.8 Å². The Bertz CT molecular complexity index is 974. The smallest absolute Gasteiger partial charge is 0.488 e. The van der Waals surface area contributed by atoms with Crippen molar-refractivity contribution in [2.24, 2.45) is 0 Å². The average Bonchev–Trinajstić information content (AvgIpc) is 2.94. The van der Waals surface area contributed by atoms with Crippen molar-refractivity contribution in [3.05, 3.63) is 74.8 Å². The fraction of sp³-hybridized carbons (Fsp3) is 0.158. The molecule has 0 aliphatic carbocycles. The first-order chi connectivity index (χ1) is 12.9. The van der Waals surface area contributed by atoms with Crippen LogP contribution in [0.5, 0.6) is 11.6 Å². The SMILES string of the molecule is Cc1cc(OC(=O)O)nn1Cc1cc(Br)ccc1OCc1ccccc1Cl. The molecule has 140 valence electrons. The van der Waals surface area contributed by atoms with Crippen LogP contribution in [0.4, 0.5) is 4.79 Å². The molecule has 27 heavy (non-hydrogen) atoms. The molecule has 0 spiro atoms. The summed E-state index contributed by atoms with van der Waals surface area (Å²) in [6, 6.07) is 14.8. The average molecular weight is 452 g/mol. The van der Waals surface area contributed by atoms with Crippen LogP contribution in [0.15, 0.2) is 53.0 Å². The summed E-state index contributed by atoms with van der Waals surface area (Å²) in [4.78, 5) is 10.7. The van der Waals surface area contributed by atoms with Crippen LogP contribution in [0.3, 0.4) is 0 Å². The van der Waals surface area contributed by atoms with Crippen molar-refractivity contribution in [1.82, 2.24) is 9.78 Å². The fourth-order valence-corrected chi connectivity index (χ4v) is 3.12. The second-order valence-corrected chi connectivity index (χ2v) is 7.10. The topological polar surface area (TPSA) is 73.6 Å². The van der Waals surface area contributed by atoms with E-state index in [1.54, 1.807) is 10.7 Å². The zero-order valence-corrected chi connectivity index (χ0v) is 16.7. The first-order valence-corrected chi connectivity index (χ1v) is 9.19. The van der Waals surface area contributed by atoms with E-state index in [1.165, 1.54) is 0 Å². The minimum atomic E-state index is -1.40. The summed E-state index contributed by atoms with van der Waals surface area (Å²) in [6.45, 7) is 2.55. The third-order valence-corrected chi connectivity index (χ3v) is 4.70. The number of carboxylic acid groups (broad SMARTS) is 1. The van der Waals surface area contributed by atoms with E-state index in [-0.39, 0.29) is 5.88 Å². The van der Waals surface area contributed by atoms with Crippen molar-refractivity contribution < 1.29 is 19.4 Å². The lowest BCUT2D eigenvalue weighted by molar-refractivity contribution is 0.142.